The summed E-state index contributed by atoms with van der Waals surface area (Å²) in [5.74, 6) is -2.16. The lowest BCUT2D eigenvalue weighted by Crippen LogP contribution is -2.46. The summed E-state index contributed by atoms with van der Waals surface area (Å²) in [4.78, 5) is 46.4. The molecular weight excluding hydrogens is 378 g/mol. The van der Waals surface area contributed by atoms with Gasteiger partial charge in [-0.1, -0.05) is 24.3 Å². The maximum Gasteiger partial charge on any atom is 0.322 e. The number of carbonyl (C=O) groups excluding carboxylic acids is 3. The van der Waals surface area contributed by atoms with E-state index in [2.05, 4.69) is 10.6 Å². The van der Waals surface area contributed by atoms with Crippen molar-refractivity contribution in [3.63, 3.8) is 0 Å². The maximum atomic E-state index is 12.5. The minimum Gasteiger partial charge on any atom is -0.480 e. The summed E-state index contributed by atoms with van der Waals surface area (Å²) in [6, 6.07) is 9.18. The van der Waals surface area contributed by atoms with Crippen LogP contribution >= 0.6 is 0 Å². The number of hydrogen-bond acceptors (Lipinski definition) is 6. The van der Waals surface area contributed by atoms with Crippen LogP contribution in [0.1, 0.15) is 21.7 Å². The van der Waals surface area contributed by atoms with Crippen LogP contribution in [0.15, 0.2) is 53.2 Å². The van der Waals surface area contributed by atoms with E-state index >= 15 is 0 Å². The summed E-state index contributed by atoms with van der Waals surface area (Å²) in [6.45, 7) is -0.936. The molecule has 2 aromatic rings. The number of nitrogens with two attached hydrogens (primary N) is 1. The van der Waals surface area contributed by atoms with E-state index in [1.807, 2.05) is 0 Å². The largest absolute Gasteiger partial charge is 0.480 e. The van der Waals surface area contributed by atoms with Gasteiger partial charge in [-0.3, -0.25) is 19.2 Å². The van der Waals surface area contributed by atoms with Gasteiger partial charge in [0.05, 0.1) is 18.8 Å². The average molecular weight is 399 g/mol. The standard InChI is InChI=1S/C20H21N3O6/c21-16(20(28)23-11-18(25)22-12-19(26)27)10-13-4-1-2-6-15(13)17(24)8-7-14-5-3-9-29-14/h1-9,16H,10-12,21H2,(H,22,25)(H,23,28)(H,26,27)/t16-/m0/s1. The zero-order valence-electron chi connectivity index (χ0n) is 15.5. The maximum absolute atomic E-state index is 12.5. The normalized spacial score (nSPS) is 11.8. The van der Waals surface area contributed by atoms with E-state index in [0.29, 0.717) is 16.9 Å². The molecule has 152 valence electrons. The number of allylic oxidation sites excluding steroid dienone is 1. The molecule has 0 unspecified atom stereocenters. The third-order valence-corrected chi connectivity index (χ3v) is 3.86. The summed E-state index contributed by atoms with van der Waals surface area (Å²) >= 11 is 0. The van der Waals surface area contributed by atoms with Crippen molar-refractivity contribution < 1.29 is 28.7 Å². The van der Waals surface area contributed by atoms with E-state index < -0.39 is 36.9 Å². The molecule has 0 radical (unpaired) electrons. The van der Waals surface area contributed by atoms with Gasteiger partial charge < -0.3 is 25.9 Å². The Morgan fingerprint density at radius 2 is 1.83 bits per heavy atom. The minimum atomic E-state index is -1.19. The van der Waals surface area contributed by atoms with Crippen LogP contribution in [0, 0.1) is 0 Å². The summed E-state index contributed by atoms with van der Waals surface area (Å²) in [7, 11) is 0. The number of nitrogens with one attached hydrogen (secondary N) is 2. The Hall–Kier alpha value is -3.72. The van der Waals surface area contributed by atoms with E-state index in [0.717, 1.165) is 0 Å². The smallest absolute Gasteiger partial charge is 0.322 e. The van der Waals surface area contributed by atoms with Gasteiger partial charge >= 0.3 is 5.97 Å². The summed E-state index contributed by atoms with van der Waals surface area (Å²) in [5, 5.41) is 13.0. The molecule has 0 spiro atoms. The van der Waals surface area contributed by atoms with Crippen LogP contribution in [0.5, 0.6) is 0 Å². The highest BCUT2D eigenvalue weighted by molar-refractivity contribution is 6.07. The van der Waals surface area contributed by atoms with Gasteiger partial charge in [0.2, 0.25) is 11.8 Å². The van der Waals surface area contributed by atoms with Gasteiger partial charge in [0.15, 0.2) is 5.78 Å². The van der Waals surface area contributed by atoms with Crippen LogP contribution in [0.3, 0.4) is 0 Å². The molecule has 1 atom stereocenters. The molecule has 0 saturated carbocycles. The van der Waals surface area contributed by atoms with E-state index in [1.165, 1.54) is 12.3 Å². The fourth-order valence-electron chi connectivity index (χ4n) is 2.44. The van der Waals surface area contributed by atoms with Crippen molar-refractivity contribution in [3.8, 4) is 0 Å². The fourth-order valence-corrected chi connectivity index (χ4v) is 2.44. The number of hydrogen-bond donors (Lipinski definition) is 4. The van der Waals surface area contributed by atoms with Crippen LogP contribution in [0.25, 0.3) is 6.08 Å². The second kappa shape index (κ2) is 10.6. The first-order chi connectivity index (χ1) is 13.9. The Morgan fingerprint density at radius 3 is 2.52 bits per heavy atom. The molecule has 0 aliphatic rings. The van der Waals surface area contributed by atoms with Crippen LogP contribution in [0.4, 0.5) is 0 Å². The molecule has 1 aromatic carbocycles. The Balaban J connectivity index is 1.95. The number of amides is 2. The number of aliphatic carboxylic acids is 1. The topological polar surface area (TPSA) is 152 Å². The fraction of sp³-hybridized carbons (Fsp3) is 0.200. The summed E-state index contributed by atoms with van der Waals surface area (Å²) in [6.07, 6.45) is 4.49. The Morgan fingerprint density at radius 1 is 1.07 bits per heavy atom. The third-order valence-electron chi connectivity index (χ3n) is 3.86. The first-order valence-electron chi connectivity index (χ1n) is 8.72. The highest BCUT2D eigenvalue weighted by Crippen LogP contribution is 2.13. The van der Waals surface area contributed by atoms with Crippen molar-refractivity contribution in [2.24, 2.45) is 5.73 Å². The quantitative estimate of drug-likeness (QED) is 0.332. The lowest BCUT2D eigenvalue weighted by atomic mass is 9.97. The van der Waals surface area contributed by atoms with Gasteiger partial charge in [-0.05, 0) is 36.3 Å². The molecule has 5 N–H and O–H groups in total. The molecule has 1 aromatic heterocycles. The van der Waals surface area contributed by atoms with Gasteiger partial charge in [-0.25, -0.2) is 0 Å². The molecular formula is C20H21N3O6. The Bertz CT molecular complexity index is 905. The van der Waals surface area contributed by atoms with Crippen LogP contribution < -0.4 is 16.4 Å². The van der Waals surface area contributed by atoms with Gasteiger partial charge in [0.1, 0.15) is 12.3 Å². The first kappa shape index (κ1) is 21.6. The Labute approximate surface area is 166 Å². The second-order valence-electron chi connectivity index (χ2n) is 6.07. The number of carboxylic acid groups (broad SMARTS) is 1. The minimum absolute atomic E-state index is 0.0824. The molecule has 29 heavy (non-hydrogen) atoms. The van der Waals surface area contributed by atoms with E-state index in [-0.39, 0.29) is 12.2 Å². The monoisotopic (exact) mass is 399 g/mol. The highest BCUT2D eigenvalue weighted by atomic mass is 16.4. The van der Waals surface area contributed by atoms with E-state index in [4.69, 9.17) is 15.3 Å². The van der Waals surface area contributed by atoms with Crippen LogP contribution in [-0.4, -0.2) is 47.8 Å². The van der Waals surface area contributed by atoms with Crippen molar-refractivity contribution >= 4 is 29.6 Å². The van der Waals surface area contributed by atoms with Crippen molar-refractivity contribution in [2.45, 2.75) is 12.5 Å². The average Bonchev–Trinajstić information content (AvgIpc) is 3.22. The van der Waals surface area contributed by atoms with Gasteiger partial charge in [-0.15, -0.1) is 0 Å². The summed E-state index contributed by atoms with van der Waals surface area (Å²) < 4.78 is 5.15. The molecule has 0 aliphatic carbocycles. The molecule has 0 fully saturated rings. The van der Waals surface area contributed by atoms with Crippen molar-refractivity contribution in [3.05, 3.63) is 65.6 Å². The number of carboxylic acids is 1. The molecule has 9 heteroatoms. The highest BCUT2D eigenvalue weighted by Gasteiger charge is 2.18. The number of carbonyl (C=O) groups is 4. The molecule has 0 saturated heterocycles. The first-order valence-corrected chi connectivity index (χ1v) is 8.72. The predicted molar refractivity (Wildman–Crippen MR) is 104 cm³/mol. The molecule has 2 amide bonds. The van der Waals surface area contributed by atoms with Crippen LogP contribution in [-0.2, 0) is 20.8 Å². The number of ketones is 1. The van der Waals surface area contributed by atoms with Crippen molar-refractivity contribution in [1.82, 2.24) is 10.6 Å². The molecule has 0 bridgehead atoms. The van der Waals surface area contributed by atoms with Gasteiger partial charge in [0.25, 0.3) is 0 Å². The van der Waals surface area contributed by atoms with Crippen molar-refractivity contribution in [1.29, 1.82) is 0 Å². The van der Waals surface area contributed by atoms with Crippen molar-refractivity contribution in [2.75, 3.05) is 13.1 Å². The lowest BCUT2D eigenvalue weighted by molar-refractivity contribution is -0.137. The zero-order chi connectivity index (χ0) is 21.2. The zero-order valence-corrected chi connectivity index (χ0v) is 15.5. The molecule has 0 aliphatic heterocycles. The number of rotatable bonds is 10. The second-order valence-corrected chi connectivity index (χ2v) is 6.07. The molecule has 2 rings (SSSR count). The van der Waals surface area contributed by atoms with Gasteiger partial charge in [-0.2, -0.15) is 0 Å². The number of benzene rings is 1. The van der Waals surface area contributed by atoms with Crippen LogP contribution in [0.2, 0.25) is 0 Å². The number of furan rings is 1. The molecule has 9 nitrogen and oxygen atoms in total. The SMILES string of the molecule is N[C@@H](Cc1ccccc1C(=O)C=Cc1ccco1)C(=O)NCC(=O)NCC(=O)O. The predicted octanol–water partition coefficient (Wildman–Crippen LogP) is 0.363. The third kappa shape index (κ3) is 7.07. The molecule has 1 heterocycles. The van der Waals surface area contributed by atoms with E-state index in [1.54, 1.807) is 42.5 Å². The Kier molecular flexibility index (Phi) is 7.87. The lowest BCUT2D eigenvalue weighted by Gasteiger charge is -2.14. The van der Waals surface area contributed by atoms with Gasteiger partial charge in [0, 0.05) is 5.56 Å². The summed E-state index contributed by atoms with van der Waals surface area (Å²) in [5.41, 5.74) is 6.88. The van der Waals surface area contributed by atoms with E-state index in [9.17, 15) is 19.2 Å².